The highest BCUT2D eigenvalue weighted by atomic mass is 16.3. The summed E-state index contributed by atoms with van der Waals surface area (Å²) >= 11 is 0. The predicted molar refractivity (Wildman–Crippen MR) is 67.1 cm³/mol. The highest BCUT2D eigenvalue weighted by Gasteiger charge is 2.17. The van der Waals surface area contributed by atoms with Crippen LogP contribution in [-0.2, 0) is 6.42 Å². The lowest BCUT2D eigenvalue weighted by atomic mass is 10.2. The number of nitrogens with zero attached hydrogens (tertiary/aromatic N) is 4. The molecule has 1 aliphatic rings. The van der Waals surface area contributed by atoms with Crippen molar-refractivity contribution in [1.29, 1.82) is 0 Å². The normalized spacial score (nSPS) is 17.4. The summed E-state index contributed by atoms with van der Waals surface area (Å²) in [4.78, 5) is 13.1. The number of rotatable bonds is 4. The number of hydrogen-bond donors (Lipinski definition) is 1. The maximum absolute atomic E-state index is 8.89. The van der Waals surface area contributed by atoms with Gasteiger partial charge in [0.15, 0.2) is 0 Å². The number of aromatic nitrogens is 2. The van der Waals surface area contributed by atoms with Gasteiger partial charge in [0.1, 0.15) is 12.1 Å². The number of aliphatic hydroxyl groups is 1. The maximum atomic E-state index is 8.89. The first kappa shape index (κ1) is 12.3. The van der Waals surface area contributed by atoms with Crippen molar-refractivity contribution in [2.75, 3.05) is 44.2 Å². The lowest BCUT2D eigenvalue weighted by Gasteiger charge is -2.35. The van der Waals surface area contributed by atoms with Crippen LogP contribution in [0.4, 0.5) is 5.82 Å². The molecule has 0 bridgehead atoms. The molecule has 0 unspecified atom stereocenters. The van der Waals surface area contributed by atoms with Crippen LogP contribution in [0.25, 0.3) is 0 Å². The van der Waals surface area contributed by atoms with Crippen molar-refractivity contribution in [3.05, 3.63) is 18.1 Å². The number of anilines is 1. The van der Waals surface area contributed by atoms with Crippen molar-refractivity contribution in [3.63, 3.8) is 0 Å². The molecule has 2 rings (SSSR count). The van der Waals surface area contributed by atoms with Crippen LogP contribution in [0.5, 0.6) is 0 Å². The van der Waals surface area contributed by atoms with Gasteiger partial charge in [-0.2, -0.15) is 0 Å². The Bertz CT molecular complexity index is 350. The first-order valence-corrected chi connectivity index (χ1v) is 6.22. The molecule has 0 atom stereocenters. The van der Waals surface area contributed by atoms with Gasteiger partial charge in [-0.3, -0.25) is 4.90 Å². The average molecular weight is 236 g/mol. The molecule has 1 saturated heterocycles. The van der Waals surface area contributed by atoms with E-state index in [1.54, 1.807) is 6.33 Å². The molecule has 5 heteroatoms. The number of aryl methyl sites for hydroxylation is 1. The third kappa shape index (κ3) is 3.14. The Balaban J connectivity index is 1.95. The van der Waals surface area contributed by atoms with E-state index in [2.05, 4.69) is 32.8 Å². The van der Waals surface area contributed by atoms with Gasteiger partial charge in [0.05, 0.1) is 6.61 Å². The highest BCUT2D eigenvalue weighted by molar-refractivity contribution is 5.39. The van der Waals surface area contributed by atoms with Gasteiger partial charge in [0.2, 0.25) is 0 Å². The van der Waals surface area contributed by atoms with Crippen LogP contribution in [0.2, 0.25) is 0 Å². The van der Waals surface area contributed by atoms with Gasteiger partial charge in [0.25, 0.3) is 0 Å². The van der Waals surface area contributed by atoms with Crippen LogP contribution < -0.4 is 4.90 Å². The molecule has 0 saturated carbocycles. The number of β-amino-alcohol motifs (C(OH)–C–C–N with tert-alkyl or cyclic N) is 1. The van der Waals surface area contributed by atoms with Crippen LogP contribution in [0, 0.1) is 0 Å². The minimum absolute atomic E-state index is 0.244. The number of piperazine rings is 1. The predicted octanol–water partition coefficient (Wildman–Crippen LogP) is 0.153. The van der Waals surface area contributed by atoms with E-state index in [-0.39, 0.29) is 6.61 Å². The van der Waals surface area contributed by atoms with Crippen LogP contribution >= 0.6 is 0 Å². The molecule has 1 aliphatic heterocycles. The standard InChI is InChI=1S/C12H20N4O/c1-2-11-9-12(14-10-13-11)16-5-3-15(4-6-16)7-8-17/h9-10,17H,2-8H2,1H3. The molecule has 1 N–H and O–H groups in total. The summed E-state index contributed by atoms with van der Waals surface area (Å²) in [6.07, 6.45) is 2.59. The number of hydrogen-bond acceptors (Lipinski definition) is 5. The monoisotopic (exact) mass is 236 g/mol. The Labute approximate surface area is 102 Å². The fraction of sp³-hybridized carbons (Fsp3) is 0.667. The Kier molecular flexibility index (Phi) is 4.28. The lowest BCUT2D eigenvalue weighted by Crippen LogP contribution is -2.47. The van der Waals surface area contributed by atoms with Gasteiger partial charge >= 0.3 is 0 Å². The molecule has 0 amide bonds. The lowest BCUT2D eigenvalue weighted by molar-refractivity contribution is 0.188. The van der Waals surface area contributed by atoms with Crippen molar-refractivity contribution in [2.45, 2.75) is 13.3 Å². The quantitative estimate of drug-likeness (QED) is 0.806. The van der Waals surface area contributed by atoms with Crippen molar-refractivity contribution < 1.29 is 5.11 Å². The zero-order valence-electron chi connectivity index (χ0n) is 10.3. The molecule has 5 nitrogen and oxygen atoms in total. The largest absolute Gasteiger partial charge is 0.395 e. The van der Waals surface area contributed by atoms with Crippen molar-refractivity contribution in [1.82, 2.24) is 14.9 Å². The van der Waals surface area contributed by atoms with E-state index in [1.807, 2.05) is 0 Å². The van der Waals surface area contributed by atoms with Gasteiger partial charge in [-0.15, -0.1) is 0 Å². The second-order valence-electron chi connectivity index (χ2n) is 4.27. The molecule has 0 spiro atoms. The third-order valence-electron chi connectivity index (χ3n) is 3.18. The van der Waals surface area contributed by atoms with E-state index in [4.69, 9.17) is 5.11 Å². The summed E-state index contributed by atoms with van der Waals surface area (Å²) in [6.45, 7) is 7.05. The first-order chi connectivity index (χ1) is 8.33. The van der Waals surface area contributed by atoms with Crippen molar-refractivity contribution >= 4 is 5.82 Å². The molecule has 2 heterocycles. The summed E-state index contributed by atoms with van der Waals surface area (Å²) < 4.78 is 0. The molecule has 1 fully saturated rings. The summed E-state index contributed by atoms with van der Waals surface area (Å²) in [7, 11) is 0. The average Bonchev–Trinajstić information content (AvgIpc) is 2.40. The van der Waals surface area contributed by atoms with E-state index in [0.29, 0.717) is 0 Å². The smallest absolute Gasteiger partial charge is 0.132 e. The highest BCUT2D eigenvalue weighted by Crippen LogP contribution is 2.13. The van der Waals surface area contributed by atoms with Crippen LogP contribution in [0.15, 0.2) is 12.4 Å². The topological polar surface area (TPSA) is 52.5 Å². The molecular weight excluding hydrogens is 216 g/mol. The summed E-state index contributed by atoms with van der Waals surface area (Å²) in [5, 5.41) is 8.89. The fourth-order valence-corrected chi connectivity index (χ4v) is 2.09. The molecule has 1 aromatic rings. The van der Waals surface area contributed by atoms with E-state index in [0.717, 1.165) is 50.7 Å². The zero-order chi connectivity index (χ0) is 12.1. The van der Waals surface area contributed by atoms with Gasteiger partial charge in [-0.05, 0) is 6.42 Å². The Morgan fingerprint density at radius 2 is 2.00 bits per heavy atom. The summed E-state index contributed by atoms with van der Waals surface area (Å²) in [6, 6.07) is 2.07. The molecule has 0 aromatic carbocycles. The molecule has 1 aromatic heterocycles. The molecule has 17 heavy (non-hydrogen) atoms. The van der Waals surface area contributed by atoms with Gasteiger partial charge in [0, 0.05) is 44.5 Å². The molecular formula is C12H20N4O. The van der Waals surface area contributed by atoms with Crippen LogP contribution in [0.3, 0.4) is 0 Å². The summed E-state index contributed by atoms with van der Waals surface area (Å²) in [5.41, 5.74) is 1.09. The minimum atomic E-state index is 0.244. The minimum Gasteiger partial charge on any atom is -0.395 e. The van der Waals surface area contributed by atoms with Crippen LogP contribution in [0.1, 0.15) is 12.6 Å². The molecule has 0 radical (unpaired) electrons. The van der Waals surface area contributed by atoms with E-state index < -0.39 is 0 Å². The van der Waals surface area contributed by atoms with Crippen molar-refractivity contribution in [2.24, 2.45) is 0 Å². The number of aliphatic hydroxyl groups excluding tert-OH is 1. The van der Waals surface area contributed by atoms with E-state index in [9.17, 15) is 0 Å². The Morgan fingerprint density at radius 3 is 2.65 bits per heavy atom. The molecule has 0 aliphatic carbocycles. The summed E-state index contributed by atoms with van der Waals surface area (Å²) in [5.74, 6) is 1.03. The Morgan fingerprint density at radius 1 is 1.24 bits per heavy atom. The van der Waals surface area contributed by atoms with Crippen LogP contribution in [-0.4, -0.2) is 59.3 Å². The van der Waals surface area contributed by atoms with E-state index in [1.165, 1.54) is 0 Å². The van der Waals surface area contributed by atoms with E-state index >= 15 is 0 Å². The second kappa shape index (κ2) is 5.93. The fourth-order valence-electron chi connectivity index (χ4n) is 2.09. The second-order valence-corrected chi connectivity index (χ2v) is 4.27. The maximum Gasteiger partial charge on any atom is 0.132 e. The zero-order valence-corrected chi connectivity index (χ0v) is 10.3. The first-order valence-electron chi connectivity index (χ1n) is 6.22. The third-order valence-corrected chi connectivity index (χ3v) is 3.18. The Hall–Kier alpha value is -1.20. The van der Waals surface area contributed by atoms with Gasteiger partial charge < -0.3 is 10.0 Å². The van der Waals surface area contributed by atoms with Gasteiger partial charge in [-0.1, -0.05) is 6.92 Å². The van der Waals surface area contributed by atoms with Crippen molar-refractivity contribution in [3.8, 4) is 0 Å². The molecule has 94 valence electrons. The van der Waals surface area contributed by atoms with Gasteiger partial charge in [-0.25, -0.2) is 9.97 Å². The SMILES string of the molecule is CCc1cc(N2CCN(CCO)CC2)ncn1.